The van der Waals surface area contributed by atoms with Gasteiger partial charge in [-0.25, -0.2) is 9.97 Å². The summed E-state index contributed by atoms with van der Waals surface area (Å²) in [6.45, 7) is 0.888. The van der Waals surface area contributed by atoms with Gasteiger partial charge in [0.05, 0.1) is 37.9 Å². The Morgan fingerprint density at radius 3 is 2.53 bits per heavy atom. The van der Waals surface area contributed by atoms with Gasteiger partial charge in [0, 0.05) is 19.2 Å². The molecule has 0 unspecified atom stereocenters. The van der Waals surface area contributed by atoms with Crippen molar-refractivity contribution in [1.29, 1.82) is 0 Å². The molecule has 2 aromatic rings. The topological polar surface area (TPSA) is 129 Å². The van der Waals surface area contributed by atoms with Gasteiger partial charge in [0.25, 0.3) is 0 Å². The van der Waals surface area contributed by atoms with Gasteiger partial charge in [0.15, 0.2) is 0 Å². The van der Waals surface area contributed by atoms with E-state index < -0.39 is 4.92 Å². The molecule has 1 N–H and O–H groups in total. The first kappa shape index (κ1) is 21.1. The Bertz CT molecular complexity index is 930. The molecule has 2 heterocycles. The highest BCUT2D eigenvalue weighted by molar-refractivity contribution is 5.77. The summed E-state index contributed by atoms with van der Waals surface area (Å²) < 4.78 is 15.3. The predicted molar refractivity (Wildman–Crippen MR) is 108 cm³/mol. The Kier molecular flexibility index (Phi) is 6.50. The number of nitro groups is 1. The van der Waals surface area contributed by atoms with Crippen molar-refractivity contribution in [2.45, 2.75) is 12.8 Å². The first-order valence-electron chi connectivity index (χ1n) is 9.29. The molecule has 1 fully saturated rings. The van der Waals surface area contributed by atoms with Crippen LogP contribution >= 0.6 is 0 Å². The lowest BCUT2D eigenvalue weighted by Crippen LogP contribution is -2.37. The molecule has 0 spiro atoms. The maximum Gasteiger partial charge on any atom is 0.353 e. The number of ether oxygens (including phenoxy) is 3. The van der Waals surface area contributed by atoms with Gasteiger partial charge in [-0.05, 0) is 25.0 Å². The number of hydrogen-bond acceptors (Lipinski definition) is 10. The molecular formula is C19H23N5O6. The molecule has 1 aliphatic heterocycles. The summed E-state index contributed by atoms with van der Waals surface area (Å²) in [4.78, 5) is 33.1. The van der Waals surface area contributed by atoms with E-state index in [-0.39, 0.29) is 29.2 Å². The molecule has 1 aromatic heterocycles. The number of esters is 1. The van der Waals surface area contributed by atoms with Crippen molar-refractivity contribution in [2.24, 2.45) is 5.92 Å². The van der Waals surface area contributed by atoms with E-state index in [9.17, 15) is 14.9 Å². The second-order valence-electron chi connectivity index (χ2n) is 6.63. The zero-order valence-electron chi connectivity index (χ0n) is 17.0. The van der Waals surface area contributed by atoms with Crippen LogP contribution in [0, 0.1) is 16.0 Å². The highest BCUT2D eigenvalue weighted by Crippen LogP contribution is 2.38. The monoisotopic (exact) mass is 417 g/mol. The van der Waals surface area contributed by atoms with Crippen molar-refractivity contribution in [3.05, 3.63) is 34.6 Å². The highest BCUT2D eigenvalue weighted by atomic mass is 16.6. The van der Waals surface area contributed by atoms with E-state index in [1.54, 1.807) is 23.1 Å². The van der Waals surface area contributed by atoms with Gasteiger partial charge in [-0.2, -0.15) is 0 Å². The van der Waals surface area contributed by atoms with Crippen molar-refractivity contribution >= 4 is 29.0 Å². The summed E-state index contributed by atoms with van der Waals surface area (Å²) in [5.41, 5.74) is 0.216. The van der Waals surface area contributed by atoms with Gasteiger partial charge in [-0.15, -0.1) is 0 Å². The lowest BCUT2D eigenvalue weighted by atomic mass is 9.97. The summed E-state index contributed by atoms with van der Waals surface area (Å²) in [7, 11) is 4.38. The van der Waals surface area contributed by atoms with E-state index in [0.717, 1.165) is 0 Å². The molecule has 11 heteroatoms. The van der Waals surface area contributed by atoms with Crippen molar-refractivity contribution in [1.82, 2.24) is 9.97 Å². The van der Waals surface area contributed by atoms with E-state index in [1.807, 2.05) is 0 Å². The Hall–Kier alpha value is -3.63. The minimum absolute atomic E-state index is 0.0339. The Labute approximate surface area is 173 Å². The summed E-state index contributed by atoms with van der Waals surface area (Å²) in [5.74, 6) is 0.781. The largest absolute Gasteiger partial charge is 0.497 e. The van der Waals surface area contributed by atoms with Crippen molar-refractivity contribution in [3.63, 3.8) is 0 Å². The SMILES string of the molecule is COC(=O)C1CCN(c2ncnc(Nc3cc(OC)ccc3OC)c2[N+](=O)[O-])CC1. The van der Waals surface area contributed by atoms with Crippen LogP contribution in [0.3, 0.4) is 0 Å². The number of hydrogen-bond donors (Lipinski definition) is 1. The first-order chi connectivity index (χ1) is 14.5. The molecule has 0 saturated carbocycles. The Balaban J connectivity index is 1.91. The number of rotatable bonds is 7. The van der Waals surface area contributed by atoms with Crippen molar-refractivity contribution in [2.75, 3.05) is 44.6 Å². The number of piperidine rings is 1. The highest BCUT2D eigenvalue weighted by Gasteiger charge is 2.32. The molecule has 0 aliphatic carbocycles. The number of carbonyl (C=O) groups is 1. The van der Waals surface area contributed by atoms with Crippen LogP contribution in [0.4, 0.5) is 23.0 Å². The lowest BCUT2D eigenvalue weighted by Gasteiger charge is -2.31. The van der Waals surface area contributed by atoms with E-state index in [4.69, 9.17) is 14.2 Å². The van der Waals surface area contributed by atoms with Gasteiger partial charge < -0.3 is 24.4 Å². The van der Waals surface area contributed by atoms with Crippen LogP contribution in [0.5, 0.6) is 11.5 Å². The molecule has 11 nitrogen and oxygen atoms in total. The minimum atomic E-state index is -0.517. The average molecular weight is 417 g/mol. The third kappa shape index (κ3) is 4.34. The number of nitrogens with zero attached hydrogens (tertiary/aromatic N) is 4. The molecular weight excluding hydrogens is 394 g/mol. The van der Waals surface area contributed by atoms with Gasteiger partial charge in [-0.3, -0.25) is 14.9 Å². The molecule has 0 amide bonds. The fourth-order valence-electron chi connectivity index (χ4n) is 3.39. The van der Waals surface area contributed by atoms with Crippen molar-refractivity contribution < 1.29 is 23.9 Å². The van der Waals surface area contributed by atoms with Crippen LogP contribution < -0.4 is 19.7 Å². The summed E-state index contributed by atoms with van der Waals surface area (Å²) in [5, 5.41) is 14.9. The maximum absolute atomic E-state index is 11.9. The number of benzene rings is 1. The Morgan fingerprint density at radius 2 is 1.93 bits per heavy atom. The third-order valence-corrected chi connectivity index (χ3v) is 4.97. The normalized spacial score (nSPS) is 14.2. The van der Waals surface area contributed by atoms with Crippen LogP contribution in [-0.2, 0) is 9.53 Å². The maximum atomic E-state index is 11.9. The van der Waals surface area contributed by atoms with Crippen LogP contribution in [0.1, 0.15) is 12.8 Å². The molecule has 30 heavy (non-hydrogen) atoms. The van der Waals surface area contributed by atoms with Crippen LogP contribution in [0.2, 0.25) is 0 Å². The molecule has 3 rings (SSSR count). The molecule has 0 radical (unpaired) electrons. The Morgan fingerprint density at radius 1 is 1.20 bits per heavy atom. The lowest BCUT2D eigenvalue weighted by molar-refractivity contribution is -0.383. The molecule has 0 atom stereocenters. The zero-order valence-corrected chi connectivity index (χ0v) is 17.0. The number of nitrogens with one attached hydrogen (secondary N) is 1. The van der Waals surface area contributed by atoms with Gasteiger partial charge in [0.2, 0.25) is 11.6 Å². The van der Waals surface area contributed by atoms with Gasteiger partial charge in [0.1, 0.15) is 17.8 Å². The number of aromatic nitrogens is 2. The smallest absolute Gasteiger partial charge is 0.353 e. The van der Waals surface area contributed by atoms with E-state index in [2.05, 4.69) is 15.3 Å². The van der Waals surface area contributed by atoms with E-state index in [0.29, 0.717) is 43.1 Å². The number of methoxy groups -OCH3 is 3. The summed E-state index contributed by atoms with van der Waals surface area (Å²) in [6.07, 6.45) is 2.32. The van der Waals surface area contributed by atoms with E-state index >= 15 is 0 Å². The number of anilines is 3. The summed E-state index contributed by atoms with van der Waals surface area (Å²) in [6, 6.07) is 5.06. The fourth-order valence-corrected chi connectivity index (χ4v) is 3.39. The predicted octanol–water partition coefficient (Wildman–Crippen LogP) is 2.54. The second kappa shape index (κ2) is 9.25. The molecule has 1 aliphatic rings. The third-order valence-electron chi connectivity index (χ3n) is 4.97. The van der Waals surface area contributed by atoms with Gasteiger partial charge >= 0.3 is 11.7 Å². The van der Waals surface area contributed by atoms with Crippen LogP contribution in [0.25, 0.3) is 0 Å². The summed E-state index contributed by atoms with van der Waals surface area (Å²) >= 11 is 0. The van der Waals surface area contributed by atoms with Crippen LogP contribution in [0.15, 0.2) is 24.5 Å². The van der Waals surface area contributed by atoms with Crippen LogP contribution in [-0.4, -0.2) is 55.3 Å². The minimum Gasteiger partial charge on any atom is -0.497 e. The average Bonchev–Trinajstić information content (AvgIpc) is 2.78. The number of carbonyl (C=O) groups excluding carboxylic acids is 1. The van der Waals surface area contributed by atoms with Gasteiger partial charge in [-0.1, -0.05) is 0 Å². The zero-order chi connectivity index (χ0) is 21.7. The second-order valence-corrected chi connectivity index (χ2v) is 6.63. The first-order valence-corrected chi connectivity index (χ1v) is 9.29. The quantitative estimate of drug-likeness (QED) is 0.407. The fraction of sp³-hybridized carbons (Fsp3) is 0.421. The molecule has 160 valence electrons. The molecule has 1 aromatic carbocycles. The standard InChI is InChI=1S/C19H23N5O6/c1-28-13-4-5-15(29-2)14(10-13)22-17-16(24(26)27)18(21-11-20-17)23-8-6-12(7-9-23)19(25)30-3/h4-5,10-12H,6-9H2,1-3H3,(H,20,21,22). The molecule has 1 saturated heterocycles. The van der Waals surface area contributed by atoms with E-state index in [1.165, 1.54) is 27.7 Å². The molecule has 0 bridgehead atoms. The van der Waals surface area contributed by atoms with Crippen molar-refractivity contribution in [3.8, 4) is 11.5 Å².